The predicted octanol–water partition coefficient (Wildman–Crippen LogP) is 5.98. The second-order valence-corrected chi connectivity index (χ2v) is 8.62. The summed E-state index contributed by atoms with van der Waals surface area (Å²) in [5.41, 5.74) is 4.43. The number of anilines is 1. The summed E-state index contributed by atoms with van der Waals surface area (Å²) in [6.45, 7) is 6.40. The van der Waals surface area contributed by atoms with Crippen molar-refractivity contribution in [3.63, 3.8) is 0 Å². The quantitative estimate of drug-likeness (QED) is 0.348. The molecule has 7 nitrogen and oxygen atoms in total. The average molecular weight is 485 g/mol. The molecule has 0 fully saturated rings. The number of aromatic nitrogens is 3. The lowest BCUT2D eigenvalue weighted by Crippen LogP contribution is -2.15. The zero-order valence-electron chi connectivity index (χ0n) is 18.4. The molecule has 4 rings (SSSR count). The predicted molar refractivity (Wildman–Crippen MR) is 127 cm³/mol. The highest BCUT2D eigenvalue weighted by Gasteiger charge is 2.21. The topological polar surface area (TPSA) is 82.2 Å². The van der Waals surface area contributed by atoms with E-state index in [1.807, 2.05) is 32.0 Å². The number of aryl methyl sites for hydroxylation is 3. The number of nitrogens with zero attached hydrogens (tertiary/aromatic N) is 3. The van der Waals surface area contributed by atoms with Gasteiger partial charge in [0, 0.05) is 6.20 Å². The number of hydrogen-bond acceptors (Lipinski definition) is 5. The van der Waals surface area contributed by atoms with Crippen LogP contribution in [0.4, 0.5) is 5.69 Å². The summed E-state index contributed by atoms with van der Waals surface area (Å²) in [4.78, 5) is 12.9. The van der Waals surface area contributed by atoms with Crippen LogP contribution in [0.1, 0.15) is 38.5 Å². The normalized spacial score (nSPS) is 10.9. The van der Waals surface area contributed by atoms with Gasteiger partial charge >= 0.3 is 0 Å². The van der Waals surface area contributed by atoms with E-state index >= 15 is 0 Å². The van der Waals surface area contributed by atoms with Gasteiger partial charge in [-0.2, -0.15) is 5.10 Å². The summed E-state index contributed by atoms with van der Waals surface area (Å²) < 4.78 is 12.9. The van der Waals surface area contributed by atoms with Crippen LogP contribution in [-0.4, -0.2) is 20.8 Å². The number of carbonyl (C=O) groups excluding carboxylic acids is 1. The van der Waals surface area contributed by atoms with Gasteiger partial charge in [0.2, 0.25) is 0 Å². The lowest BCUT2D eigenvalue weighted by atomic mass is 10.1. The Bertz CT molecular complexity index is 1290. The van der Waals surface area contributed by atoms with Crippen LogP contribution >= 0.6 is 23.2 Å². The molecule has 2 aromatic carbocycles. The van der Waals surface area contributed by atoms with E-state index in [0.29, 0.717) is 33.6 Å². The lowest BCUT2D eigenvalue weighted by molar-refractivity contribution is 0.101. The molecule has 0 aliphatic carbocycles. The van der Waals surface area contributed by atoms with Crippen molar-refractivity contribution in [3.8, 4) is 5.75 Å². The molecule has 2 heterocycles. The third kappa shape index (κ3) is 5.56. The summed E-state index contributed by atoms with van der Waals surface area (Å²) >= 11 is 12.0. The standard InChI is InChI=1S/C24H22Cl2N4O3/c1-14-6-15(2)8-19(7-14)32-13-20-16(3)33-29-23(20)24(31)28-18-10-27-30(12-18)11-17-4-5-21(25)22(26)9-17/h4-10,12H,11,13H2,1-3H3,(H,28,31). The summed E-state index contributed by atoms with van der Waals surface area (Å²) in [5, 5.41) is 12.0. The van der Waals surface area contributed by atoms with E-state index in [4.69, 9.17) is 32.5 Å². The SMILES string of the molecule is Cc1cc(C)cc(OCc2c(C(=O)Nc3cnn(Cc4ccc(Cl)c(Cl)c4)c3)noc2C)c1. The molecule has 170 valence electrons. The van der Waals surface area contributed by atoms with Crippen LogP contribution in [0.3, 0.4) is 0 Å². The van der Waals surface area contributed by atoms with Gasteiger partial charge in [0.15, 0.2) is 5.69 Å². The fraction of sp³-hybridized carbons (Fsp3) is 0.208. The molecule has 0 saturated carbocycles. The van der Waals surface area contributed by atoms with E-state index < -0.39 is 5.91 Å². The van der Waals surface area contributed by atoms with Crippen LogP contribution in [0.5, 0.6) is 5.75 Å². The van der Waals surface area contributed by atoms with E-state index in [0.717, 1.165) is 22.4 Å². The number of amides is 1. The lowest BCUT2D eigenvalue weighted by Gasteiger charge is -2.08. The van der Waals surface area contributed by atoms with Crippen LogP contribution in [0.25, 0.3) is 0 Å². The molecule has 0 atom stereocenters. The first-order valence-electron chi connectivity index (χ1n) is 10.2. The van der Waals surface area contributed by atoms with Crippen molar-refractivity contribution in [3.05, 3.63) is 92.5 Å². The van der Waals surface area contributed by atoms with Gasteiger partial charge < -0.3 is 14.6 Å². The van der Waals surface area contributed by atoms with E-state index in [9.17, 15) is 4.79 Å². The molecule has 9 heteroatoms. The number of nitrogens with one attached hydrogen (secondary N) is 1. The highest BCUT2D eigenvalue weighted by molar-refractivity contribution is 6.42. The molecule has 2 aromatic heterocycles. The minimum atomic E-state index is -0.403. The van der Waals surface area contributed by atoms with Crippen molar-refractivity contribution in [2.45, 2.75) is 33.9 Å². The molecule has 0 aliphatic heterocycles. The van der Waals surface area contributed by atoms with Gasteiger partial charge in [0.05, 0.1) is 34.0 Å². The Hall–Kier alpha value is -3.29. The van der Waals surface area contributed by atoms with Crippen LogP contribution in [-0.2, 0) is 13.2 Å². The van der Waals surface area contributed by atoms with E-state index in [2.05, 4.69) is 21.6 Å². The number of halogens is 2. The van der Waals surface area contributed by atoms with Gasteiger partial charge in [-0.15, -0.1) is 0 Å². The number of carbonyl (C=O) groups is 1. The Morgan fingerprint density at radius 3 is 2.58 bits per heavy atom. The van der Waals surface area contributed by atoms with Gasteiger partial charge in [0.1, 0.15) is 18.1 Å². The first kappa shape index (κ1) is 22.9. The largest absolute Gasteiger partial charge is 0.489 e. The van der Waals surface area contributed by atoms with Crippen LogP contribution in [0.15, 0.2) is 53.3 Å². The Morgan fingerprint density at radius 1 is 1.09 bits per heavy atom. The fourth-order valence-corrected chi connectivity index (χ4v) is 3.76. The van der Waals surface area contributed by atoms with E-state index in [-0.39, 0.29) is 12.3 Å². The fourth-order valence-electron chi connectivity index (χ4n) is 3.44. The molecule has 0 unspecified atom stereocenters. The maximum Gasteiger partial charge on any atom is 0.278 e. The summed E-state index contributed by atoms with van der Waals surface area (Å²) in [7, 11) is 0. The molecule has 0 bridgehead atoms. The molecule has 0 spiro atoms. The molecule has 1 N–H and O–H groups in total. The van der Waals surface area contributed by atoms with Crippen molar-refractivity contribution in [1.82, 2.24) is 14.9 Å². The molecule has 0 saturated heterocycles. The third-order valence-electron chi connectivity index (χ3n) is 5.00. The molecule has 4 aromatic rings. The van der Waals surface area contributed by atoms with Crippen LogP contribution in [0.2, 0.25) is 10.0 Å². The van der Waals surface area contributed by atoms with Crippen molar-refractivity contribution >= 4 is 34.8 Å². The summed E-state index contributed by atoms with van der Waals surface area (Å²) in [6, 6.07) is 11.3. The maximum atomic E-state index is 12.9. The van der Waals surface area contributed by atoms with Gasteiger partial charge in [0.25, 0.3) is 5.91 Å². The van der Waals surface area contributed by atoms with Crippen molar-refractivity contribution in [2.75, 3.05) is 5.32 Å². The number of benzene rings is 2. The van der Waals surface area contributed by atoms with Gasteiger partial charge in [-0.05, 0) is 61.7 Å². The zero-order valence-corrected chi connectivity index (χ0v) is 19.9. The summed E-state index contributed by atoms with van der Waals surface area (Å²) in [5.74, 6) is 0.850. The Morgan fingerprint density at radius 2 is 1.85 bits per heavy atom. The second-order valence-electron chi connectivity index (χ2n) is 7.81. The van der Waals surface area contributed by atoms with E-state index in [1.54, 1.807) is 36.1 Å². The first-order valence-corrected chi connectivity index (χ1v) is 11.0. The average Bonchev–Trinajstić information content (AvgIpc) is 3.34. The van der Waals surface area contributed by atoms with Gasteiger partial charge in [-0.25, -0.2) is 0 Å². The Balaban J connectivity index is 1.43. The summed E-state index contributed by atoms with van der Waals surface area (Å²) in [6.07, 6.45) is 3.28. The molecule has 33 heavy (non-hydrogen) atoms. The highest BCUT2D eigenvalue weighted by Crippen LogP contribution is 2.24. The van der Waals surface area contributed by atoms with E-state index in [1.165, 1.54) is 0 Å². The van der Waals surface area contributed by atoms with Crippen LogP contribution < -0.4 is 10.1 Å². The monoisotopic (exact) mass is 484 g/mol. The minimum absolute atomic E-state index is 0.164. The maximum absolute atomic E-state index is 12.9. The number of rotatable bonds is 7. The van der Waals surface area contributed by atoms with Gasteiger partial charge in [-0.1, -0.05) is 40.5 Å². The van der Waals surface area contributed by atoms with Crippen LogP contribution in [0, 0.1) is 20.8 Å². The second kappa shape index (κ2) is 9.68. The molecule has 0 radical (unpaired) electrons. The minimum Gasteiger partial charge on any atom is -0.489 e. The molecular formula is C24H22Cl2N4O3. The zero-order chi connectivity index (χ0) is 23.5. The van der Waals surface area contributed by atoms with Crippen molar-refractivity contribution in [1.29, 1.82) is 0 Å². The van der Waals surface area contributed by atoms with Gasteiger partial charge in [-0.3, -0.25) is 9.48 Å². The first-order chi connectivity index (χ1) is 15.8. The van der Waals surface area contributed by atoms with Crippen molar-refractivity contribution in [2.24, 2.45) is 0 Å². The number of hydrogen-bond donors (Lipinski definition) is 1. The molecular weight excluding hydrogens is 463 g/mol. The molecule has 1 amide bonds. The highest BCUT2D eigenvalue weighted by atomic mass is 35.5. The Kier molecular flexibility index (Phi) is 6.72. The van der Waals surface area contributed by atoms with Crippen molar-refractivity contribution < 1.29 is 14.1 Å². The number of ether oxygens (including phenoxy) is 1. The third-order valence-corrected chi connectivity index (χ3v) is 5.74. The molecule has 0 aliphatic rings. The Labute approximate surface area is 201 Å². The smallest absolute Gasteiger partial charge is 0.278 e.